The Morgan fingerprint density at radius 2 is 1.33 bits per heavy atom. The zero-order valence-electron chi connectivity index (χ0n) is 16.3. The van der Waals surface area contributed by atoms with E-state index in [1.54, 1.807) is 0 Å². The van der Waals surface area contributed by atoms with Crippen LogP contribution < -0.4 is 0 Å². The third kappa shape index (κ3) is 15.2. The van der Waals surface area contributed by atoms with E-state index in [9.17, 15) is 15.0 Å². The highest BCUT2D eigenvalue weighted by atomic mass is 35.5. The highest BCUT2D eigenvalue weighted by Gasteiger charge is 2.19. The number of carbonyl (C=O) groups excluding carboxylic acids is 1. The SMILES string of the molecule is [2H]C(O)(OC(=O)CCCCCCCCCCCCCCC)C(O)CCl. The average molecular weight is 366 g/mol. The molecular weight excluding hydrogens is 328 g/mol. The normalized spacial score (nSPS) is 15.6. The number of aliphatic hydroxyl groups excluding tert-OH is 1. The van der Waals surface area contributed by atoms with Crippen LogP contribution in [0.4, 0.5) is 0 Å². The molecule has 0 aromatic rings. The fourth-order valence-electron chi connectivity index (χ4n) is 2.59. The molecule has 0 saturated carbocycles. The van der Waals surface area contributed by atoms with Gasteiger partial charge in [0.2, 0.25) is 6.27 Å². The molecule has 24 heavy (non-hydrogen) atoms. The molecule has 0 aromatic carbocycles. The lowest BCUT2D eigenvalue weighted by Crippen LogP contribution is -2.32. The molecule has 5 heteroatoms. The van der Waals surface area contributed by atoms with Gasteiger partial charge in [0.25, 0.3) is 0 Å². The van der Waals surface area contributed by atoms with Crippen molar-refractivity contribution in [1.82, 2.24) is 0 Å². The van der Waals surface area contributed by atoms with Crippen molar-refractivity contribution < 1.29 is 21.1 Å². The zero-order chi connectivity index (χ0) is 19.0. The van der Waals surface area contributed by atoms with Crippen LogP contribution in [0.1, 0.15) is 98.2 Å². The summed E-state index contributed by atoms with van der Waals surface area (Å²) in [4.78, 5) is 11.5. The van der Waals surface area contributed by atoms with Crippen molar-refractivity contribution >= 4 is 17.6 Å². The van der Waals surface area contributed by atoms with Gasteiger partial charge in [-0.3, -0.25) is 4.79 Å². The summed E-state index contributed by atoms with van der Waals surface area (Å²) in [5.41, 5.74) is 0. The van der Waals surface area contributed by atoms with Crippen molar-refractivity contribution in [3.05, 3.63) is 0 Å². The van der Waals surface area contributed by atoms with E-state index in [2.05, 4.69) is 11.7 Å². The van der Waals surface area contributed by atoms with E-state index in [0.717, 1.165) is 12.8 Å². The Labute approximate surface area is 154 Å². The van der Waals surface area contributed by atoms with Gasteiger partial charge < -0.3 is 14.9 Å². The van der Waals surface area contributed by atoms with Crippen LogP contribution in [0.5, 0.6) is 0 Å². The summed E-state index contributed by atoms with van der Waals surface area (Å²) in [5, 5.41) is 18.7. The topological polar surface area (TPSA) is 66.8 Å². The molecule has 0 rings (SSSR count). The quantitative estimate of drug-likeness (QED) is 0.166. The van der Waals surface area contributed by atoms with E-state index in [1.165, 1.54) is 64.2 Å². The molecule has 0 aliphatic heterocycles. The maximum absolute atomic E-state index is 11.5. The second-order valence-corrected chi connectivity index (χ2v) is 6.78. The molecule has 0 aliphatic rings. The molecule has 0 bridgehead atoms. The maximum atomic E-state index is 11.5. The summed E-state index contributed by atoms with van der Waals surface area (Å²) in [6, 6.07) is 0. The lowest BCUT2D eigenvalue weighted by molar-refractivity contribution is -0.184. The predicted octanol–water partition coefficient (Wildman–Crippen LogP) is 4.93. The van der Waals surface area contributed by atoms with Gasteiger partial charge in [0.15, 0.2) is 0 Å². The summed E-state index contributed by atoms with van der Waals surface area (Å²) in [6.07, 6.45) is 11.7. The predicted molar refractivity (Wildman–Crippen MR) is 99.1 cm³/mol. The first kappa shape index (κ1) is 21.7. The van der Waals surface area contributed by atoms with Crippen LogP contribution in [0.15, 0.2) is 0 Å². The van der Waals surface area contributed by atoms with E-state index in [-0.39, 0.29) is 12.3 Å². The zero-order valence-corrected chi connectivity index (χ0v) is 16.0. The van der Waals surface area contributed by atoms with E-state index >= 15 is 0 Å². The van der Waals surface area contributed by atoms with Gasteiger partial charge in [-0.1, -0.05) is 84.0 Å². The first-order chi connectivity index (χ1) is 11.9. The number of hydrogen-bond acceptors (Lipinski definition) is 4. The van der Waals surface area contributed by atoms with Crippen LogP contribution in [0.3, 0.4) is 0 Å². The van der Waals surface area contributed by atoms with Crippen molar-refractivity contribution in [1.29, 1.82) is 0 Å². The maximum Gasteiger partial charge on any atom is 0.308 e. The van der Waals surface area contributed by atoms with Crippen molar-refractivity contribution in [2.75, 3.05) is 5.88 Å². The van der Waals surface area contributed by atoms with Crippen molar-refractivity contribution in [3.8, 4) is 0 Å². The largest absolute Gasteiger partial charge is 0.433 e. The molecule has 144 valence electrons. The van der Waals surface area contributed by atoms with E-state index < -0.39 is 18.3 Å². The summed E-state index contributed by atoms with van der Waals surface area (Å²) in [6.45, 7) is 2.24. The van der Waals surface area contributed by atoms with Crippen LogP contribution >= 0.6 is 11.6 Å². The van der Waals surface area contributed by atoms with Gasteiger partial charge in [-0.15, -0.1) is 11.6 Å². The van der Waals surface area contributed by atoms with Gasteiger partial charge in [0, 0.05) is 6.42 Å². The monoisotopic (exact) mass is 365 g/mol. The number of hydrogen-bond donors (Lipinski definition) is 2. The molecule has 2 unspecified atom stereocenters. The fourth-order valence-corrected chi connectivity index (χ4v) is 2.72. The Morgan fingerprint density at radius 1 is 0.917 bits per heavy atom. The Balaban J connectivity index is 3.39. The van der Waals surface area contributed by atoms with E-state index in [1.807, 2.05) is 0 Å². The number of esters is 1. The molecular formula is C19H37ClO4. The lowest BCUT2D eigenvalue weighted by atomic mass is 10.0. The van der Waals surface area contributed by atoms with Gasteiger partial charge in [0.05, 0.1) is 5.88 Å². The second-order valence-electron chi connectivity index (χ2n) is 6.48. The number of carbonyl (C=O) groups is 1. The van der Waals surface area contributed by atoms with Gasteiger partial charge in [-0.05, 0) is 6.42 Å². The van der Waals surface area contributed by atoms with Gasteiger partial charge >= 0.3 is 5.97 Å². The highest BCUT2D eigenvalue weighted by molar-refractivity contribution is 6.18. The minimum absolute atomic E-state index is 0.147. The van der Waals surface area contributed by atoms with Gasteiger partial charge in [-0.25, -0.2) is 0 Å². The molecule has 0 spiro atoms. The minimum atomic E-state index is -2.66. The number of ether oxygens (including phenoxy) is 1. The Morgan fingerprint density at radius 3 is 1.75 bits per heavy atom. The molecule has 4 nitrogen and oxygen atoms in total. The average Bonchev–Trinajstić information content (AvgIpc) is 2.57. The smallest absolute Gasteiger partial charge is 0.308 e. The Bertz CT molecular complexity index is 327. The molecule has 0 aliphatic carbocycles. The Hall–Kier alpha value is -0.320. The molecule has 2 N–H and O–H groups in total. The number of halogens is 1. The minimum Gasteiger partial charge on any atom is -0.433 e. The summed E-state index contributed by atoms with van der Waals surface area (Å²) in [5.74, 6) is -1.05. The first-order valence-electron chi connectivity index (χ1n) is 10.1. The van der Waals surface area contributed by atoms with Crippen molar-refractivity contribution in [2.45, 2.75) is 109 Å². The highest BCUT2D eigenvalue weighted by Crippen LogP contribution is 2.13. The van der Waals surface area contributed by atoms with Gasteiger partial charge in [0.1, 0.15) is 7.47 Å². The third-order valence-corrected chi connectivity index (χ3v) is 4.43. The molecule has 2 atom stereocenters. The second kappa shape index (κ2) is 17.5. The summed E-state index contributed by atoms with van der Waals surface area (Å²) in [7, 11) is 0. The van der Waals surface area contributed by atoms with E-state index in [4.69, 9.17) is 13.0 Å². The molecule has 0 heterocycles. The van der Waals surface area contributed by atoms with Gasteiger partial charge in [-0.2, -0.15) is 0 Å². The number of alkyl halides is 1. The van der Waals surface area contributed by atoms with Crippen LogP contribution in [0, 0.1) is 0 Å². The molecule has 0 saturated heterocycles. The standard InChI is InChI=1S/C19H37ClO4/c1-2-3-4-5-6-7-8-9-10-11-12-13-14-15-18(22)24-19(23)17(21)16-20/h17,19,21,23H,2-16H2,1H3/i19D. The van der Waals surface area contributed by atoms with Crippen LogP contribution in [-0.2, 0) is 9.53 Å². The van der Waals surface area contributed by atoms with Crippen molar-refractivity contribution in [2.24, 2.45) is 0 Å². The number of aliphatic hydroxyl groups is 2. The lowest BCUT2D eigenvalue weighted by Gasteiger charge is -2.15. The van der Waals surface area contributed by atoms with E-state index in [0.29, 0.717) is 6.42 Å². The number of rotatable bonds is 17. The molecule has 0 fully saturated rings. The number of unbranched alkanes of at least 4 members (excludes halogenated alkanes) is 12. The van der Waals surface area contributed by atoms with Crippen LogP contribution in [0.2, 0.25) is 0 Å². The Kier molecular flexibility index (Phi) is 15.8. The summed E-state index contributed by atoms with van der Waals surface area (Å²) < 4.78 is 11.9. The van der Waals surface area contributed by atoms with Crippen LogP contribution in [0.25, 0.3) is 0 Å². The summed E-state index contributed by atoms with van der Waals surface area (Å²) >= 11 is 5.33. The molecule has 0 aromatic heterocycles. The molecule has 0 radical (unpaired) electrons. The van der Waals surface area contributed by atoms with Crippen LogP contribution in [-0.4, -0.2) is 34.4 Å². The first-order valence-corrected chi connectivity index (χ1v) is 10.2. The third-order valence-electron chi connectivity index (χ3n) is 4.13. The van der Waals surface area contributed by atoms with Crippen molar-refractivity contribution in [3.63, 3.8) is 0 Å². The fraction of sp³-hybridized carbons (Fsp3) is 0.947. The molecule has 0 amide bonds.